The van der Waals surface area contributed by atoms with Crippen molar-refractivity contribution in [2.45, 2.75) is 26.8 Å². The molecule has 0 aliphatic heterocycles. The summed E-state index contributed by atoms with van der Waals surface area (Å²) in [6.45, 7) is 4.45. The van der Waals surface area contributed by atoms with Crippen molar-refractivity contribution < 1.29 is 4.52 Å². The van der Waals surface area contributed by atoms with Gasteiger partial charge in [0.25, 0.3) is 0 Å². The minimum absolute atomic E-state index is 0. The van der Waals surface area contributed by atoms with Gasteiger partial charge in [0.05, 0.1) is 0 Å². The first-order chi connectivity index (χ1) is 4.79. The van der Waals surface area contributed by atoms with Gasteiger partial charge >= 0.3 is 0 Å². The fourth-order valence-electron chi connectivity index (χ4n) is 1.05. The molecule has 0 saturated heterocycles. The zero-order chi connectivity index (χ0) is 7.56. The monoisotopic (exact) mass is 176 g/mol. The van der Waals surface area contributed by atoms with Crippen molar-refractivity contribution in [3.8, 4) is 0 Å². The molecule has 0 spiro atoms. The Morgan fingerprint density at radius 3 is 2.55 bits per heavy atom. The molecule has 0 amide bonds. The zero-order valence-electron chi connectivity index (χ0n) is 6.76. The molecule has 0 aliphatic carbocycles. The maximum atomic E-state index is 5.42. The van der Waals surface area contributed by atoms with Crippen molar-refractivity contribution in [1.82, 2.24) is 5.16 Å². The van der Waals surface area contributed by atoms with E-state index in [2.05, 4.69) is 12.1 Å². The molecule has 11 heavy (non-hydrogen) atoms. The summed E-state index contributed by atoms with van der Waals surface area (Å²) in [7, 11) is 0. The SMILES string of the molecule is CCc1c(CN)noc1C.Cl. The second-order valence-corrected chi connectivity index (χ2v) is 2.22. The van der Waals surface area contributed by atoms with Crippen LogP contribution in [0.25, 0.3) is 0 Å². The van der Waals surface area contributed by atoms with Crippen LogP contribution >= 0.6 is 12.4 Å². The molecule has 1 aromatic heterocycles. The van der Waals surface area contributed by atoms with Gasteiger partial charge in [0.15, 0.2) is 0 Å². The summed E-state index contributed by atoms with van der Waals surface area (Å²) in [5.41, 5.74) is 7.46. The number of rotatable bonds is 2. The van der Waals surface area contributed by atoms with Gasteiger partial charge in [0.1, 0.15) is 11.5 Å². The molecule has 1 heterocycles. The molecular weight excluding hydrogens is 164 g/mol. The van der Waals surface area contributed by atoms with E-state index in [1.54, 1.807) is 0 Å². The van der Waals surface area contributed by atoms with E-state index in [1.165, 1.54) is 0 Å². The van der Waals surface area contributed by atoms with Crippen LogP contribution in [0.3, 0.4) is 0 Å². The summed E-state index contributed by atoms with van der Waals surface area (Å²) in [6, 6.07) is 0. The van der Waals surface area contributed by atoms with E-state index in [9.17, 15) is 0 Å². The van der Waals surface area contributed by atoms with Crippen molar-refractivity contribution in [3.63, 3.8) is 0 Å². The Balaban J connectivity index is 0.000001000. The molecule has 3 nitrogen and oxygen atoms in total. The number of aryl methyl sites for hydroxylation is 1. The van der Waals surface area contributed by atoms with Crippen LogP contribution < -0.4 is 5.73 Å². The van der Waals surface area contributed by atoms with Crippen molar-refractivity contribution in [3.05, 3.63) is 17.0 Å². The van der Waals surface area contributed by atoms with Gasteiger partial charge in [0, 0.05) is 12.1 Å². The van der Waals surface area contributed by atoms with Crippen LogP contribution in [-0.4, -0.2) is 5.16 Å². The standard InChI is InChI=1S/C7H12N2O.ClH/c1-3-6-5(2)10-9-7(6)4-8;/h3-4,8H2,1-2H3;1H. The molecule has 0 radical (unpaired) electrons. The number of halogens is 1. The molecule has 0 bridgehead atoms. The highest BCUT2D eigenvalue weighted by Gasteiger charge is 2.07. The minimum Gasteiger partial charge on any atom is -0.361 e. The summed E-state index contributed by atoms with van der Waals surface area (Å²) in [4.78, 5) is 0. The Hall–Kier alpha value is -0.540. The zero-order valence-corrected chi connectivity index (χ0v) is 7.57. The van der Waals surface area contributed by atoms with Crippen molar-refractivity contribution in [2.24, 2.45) is 5.73 Å². The van der Waals surface area contributed by atoms with Gasteiger partial charge in [-0.25, -0.2) is 0 Å². The fourth-order valence-corrected chi connectivity index (χ4v) is 1.05. The van der Waals surface area contributed by atoms with E-state index in [0.29, 0.717) is 6.54 Å². The molecule has 0 aliphatic rings. The number of nitrogens with zero attached hydrogens (tertiary/aromatic N) is 1. The molecule has 2 N–H and O–H groups in total. The molecule has 1 rings (SSSR count). The van der Waals surface area contributed by atoms with Crippen LogP contribution in [0.5, 0.6) is 0 Å². The summed E-state index contributed by atoms with van der Waals surface area (Å²) in [5, 5.41) is 3.81. The van der Waals surface area contributed by atoms with Gasteiger partial charge in [-0.2, -0.15) is 0 Å². The van der Waals surface area contributed by atoms with E-state index in [4.69, 9.17) is 10.3 Å². The van der Waals surface area contributed by atoms with Gasteiger partial charge in [-0.15, -0.1) is 12.4 Å². The average Bonchev–Trinajstić information content (AvgIpc) is 2.30. The Labute approximate surface area is 72.3 Å². The first kappa shape index (κ1) is 10.5. The molecule has 0 saturated carbocycles. The van der Waals surface area contributed by atoms with Gasteiger partial charge in [-0.1, -0.05) is 12.1 Å². The van der Waals surface area contributed by atoms with Crippen LogP contribution in [0, 0.1) is 6.92 Å². The topological polar surface area (TPSA) is 52.0 Å². The van der Waals surface area contributed by atoms with Crippen LogP contribution in [0.15, 0.2) is 4.52 Å². The maximum absolute atomic E-state index is 5.42. The number of hydrogen-bond acceptors (Lipinski definition) is 3. The Kier molecular flexibility index (Phi) is 4.15. The highest BCUT2D eigenvalue weighted by molar-refractivity contribution is 5.85. The predicted molar refractivity (Wildman–Crippen MR) is 45.8 cm³/mol. The average molecular weight is 177 g/mol. The van der Waals surface area contributed by atoms with E-state index in [-0.39, 0.29) is 12.4 Å². The first-order valence-corrected chi connectivity index (χ1v) is 3.43. The number of nitrogens with two attached hydrogens (primary N) is 1. The maximum Gasteiger partial charge on any atom is 0.137 e. The predicted octanol–water partition coefficient (Wildman–Crippen LogP) is 1.43. The number of hydrogen-bond donors (Lipinski definition) is 1. The smallest absolute Gasteiger partial charge is 0.137 e. The van der Waals surface area contributed by atoms with Crippen LogP contribution in [-0.2, 0) is 13.0 Å². The normalized spacial score (nSPS) is 9.36. The highest BCUT2D eigenvalue weighted by Crippen LogP contribution is 2.12. The van der Waals surface area contributed by atoms with Crippen LogP contribution in [0.2, 0.25) is 0 Å². The Morgan fingerprint density at radius 2 is 2.18 bits per heavy atom. The van der Waals surface area contributed by atoms with Crippen molar-refractivity contribution in [2.75, 3.05) is 0 Å². The van der Waals surface area contributed by atoms with E-state index in [0.717, 1.165) is 23.4 Å². The van der Waals surface area contributed by atoms with Gasteiger partial charge in [-0.05, 0) is 13.3 Å². The van der Waals surface area contributed by atoms with E-state index >= 15 is 0 Å². The van der Waals surface area contributed by atoms with Crippen molar-refractivity contribution >= 4 is 12.4 Å². The minimum atomic E-state index is 0. The number of aromatic nitrogens is 1. The quantitative estimate of drug-likeness (QED) is 0.742. The third kappa shape index (κ3) is 1.94. The third-order valence-electron chi connectivity index (χ3n) is 1.61. The summed E-state index contributed by atoms with van der Waals surface area (Å²) >= 11 is 0. The molecule has 4 heteroatoms. The molecular formula is C7H13ClN2O. The third-order valence-corrected chi connectivity index (χ3v) is 1.61. The Morgan fingerprint density at radius 1 is 1.55 bits per heavy atom. The first-order valence-electron chi connectivity index (χ1n) is 3.43. The Bertz CT molecular complexity index is 222. The summed E-state index contributed by atoms with van der Waals surface area (Å²) in [6.07, 6.45) is 0.946. The van der Waals surface area contributed by atoms with E-state index in [1.807, 2.05) is 6.92 Å². The second kappa shape index (κ2) is 4.36. The largest absolute Gasteiger partial charge is 0.361 e. The highest BCUT2D eigenvalue weighted by atomic mass is 35.5. The summed E-state index contributed by atoms with van der Waals surface area (Å²) in [5.74, 6) is 0.892. The molecule has 0 aromatic carbocycles. The molecule has 0 atom stereocenters. The van der Waals surface area contributed by atoms with Crippen LogP contribution in [0.4, 0.5) is 0 Å². The summed E-state index contributed by atoms with van der Waals surface area (Å²) < 4.78 is 4.95. The molecule has 0 unspecified atom stereocenters. The fraction of sp³-hybridized carbons (Fsp3) is 0.571. The van der Waals surface area contributed by atoms with Crippen LogP contribution in [0.1, 0.15) is 23.9 Å². The van der Waals surface area contributed by atoms with Gasteiger partial charge < -0.3 is 10.3 Å². The molecule has 64 valence electrons. The lowest BCUT2D eigenvalue weighted by molar-refractivity contribution is 0.390. The van der Waals surface area contributed by atoms with E-state index < -0.39 is 0 Å². The molecule has 0 fully saturated rings. The lowest BCUT2D eigenvalue weighted by Crippen LogP contribution is -1.99. The lowest BCUT2D eigenvalue weighted by Gasteiger charge is -1.92. The van der Waals surface area contributed by atoms with Gasteiger partial charge in [-0.3, -0.25) is 0 Å². The van der Waals surface area contributed by atoms with Crippen molar-refractivity contribution in [1.29, 1.82) is 0 Å². The van der Waals surface area contributed by atoms with Gasteiger partial charge in [0.2, 0.25) is 0 Å². The lowest BCUT2D eigenvalue weighted by atomic mass is 10.1. The molecule has 1 aromatic rings. The second-order valence-electron chi connectivity index (χ2n) is 2.22.